The second-order valence-corrected chi connectivity index (χ2v) is 8.62. The van der Waals surface area contributed by atoms with Crippen LogP contribution in [0.5, 0.6) is 0 Å². The van der Waals surface area contributed by atoms with Crippen molar-refractivity contribution >= 4 is 28.2 Å². The van der Waals surface area contributed by atoms with E-state index in [0.29, 0.717) is 16.5 Å². The van der Waals surface area contributed by atoms with Gasteiger partial charge in [0.1, 0.15) is 5.00 Å². The molecule has 1 amide bonds. The van der Waals surface area contributed by atoms with E-state index in [-0.39, 0.29) is 16.9 Å². The lowest BCUT2D eigenvalue weighted by molar-refractivity contribution is 0.0696. The minimum absolute atomic E-state index is 0.185. The lowest BCUT2D eigenvalue weighted by Gasteiger charge is -2.33. The van der Waals surface area contributed by atoms with Crippen molar-refractivity contribution in [2.24, 2.45) is 11.3 Å². The highest BCUT2D eigenvalue weighted by Crippen LogP contribution is 2.44. The molecule has 0 bridgehead atoms. The molecule has 6 heteroatoms. The first-order chi connectivity index (χ1) is 11.8. The molecule has 0 spiro atoms. The average Bonchev–Trinajstić information content (AvgIpc) is 2.91. The summed E-state index contributed by atoms with van der Waals surface area (Å²) in [6.07, 6.45) is 5.66. The van der Waals surface area contributed by atoms with Crippen LogP contribution in [0.4, 0.5) is 5.00 Å². The Morgan fingerprint density at radius 3 is 2.72 bits per heavy atom. The van der Waals surface area contributed by atoms with Crippen LogP contribution < -0.4 is 5.32 Å². The van der Waals surface area contributed by atoms with E-state index < -0.39 is 5.97 Å². The highest BCUT2D eigenvalue weighted by atomic mass is 32.1. The zero-order valence-electron chi connectivity index (χ0n) is 14.6. The van der Waals surface area contributed by atoms with Crippen LogP contribution in [-0.2, 0) is 12.8 Å². The van der Waals surface area contributed by atoms with Crippen molar-refractivity contribution in [1.82, 2.24) is 4.98 Å². The van der Waals surface area contributed by atoms with Gasteiger partial charge in [-0.1, -0.05) is 20.8 Å². The third-order valence-corrected chi connectivity index (χ3v) is 6.02. The molecular weight excluding hydrogens is 336 g/mol. The molecule has 132 valence electrons. The topological polar surface area (TPSA) is 79.3 Å². The quantitative estimate of drug-likeness (QED) is 0.860. The van der Waals surface area contributed by atoms with Crippen molar-refractivity contribution < 1.29 is 14.7 Å². The smallest absolute Gasteiger partial charge is 0.339 e. The molecular formula is C19H22N2O3S. The third kappa shape index (κ3) is 3.58. The van der Waals surface area contributed by atoms with Crippen LogP contribution in [0.1, 0.15) is 58.3 Å². The summed E-state index contributed by atoms with van der Waals surface area (Å²) in [5.41, 5.74) is 1.74. The van der Waals surface area contributed by atoms with E-state index in [2.05, 4.69) is 31.1 Å². The molecule has 0 saturated carbocycles. The molecule has 0 aliphatic heterocycles. The highest BCUT2D eigenvalue weighted by Gasteiger charge is 2.34. The van der Waals surface area contributed by atoms with E-state index in [1.165, 1.54) is 17.5 Å². The van der Waals surface area contributed by atoms with Gasteiger partial charge in [0.25, 0.3) is 5.91 Å². The first-order valence-corrected chi connectivity index (χ1v) is 9.18. The summed E-state index contributed by atoms with van der Waals surface area (Å²) in [6, 6.07) is 3.34. The van der Waals surface area contributed by atoms with E-state index in [9.17, 15) is 14.7 Å². The molecule has 1 aliphatic rings. The summed E-state index contributed by atoms with van der Waals surface area (Å²) in [4.78, 5) is 29.2. The summed E-state index contributed by atoms with van der Waals surface area (Å²) < 4.78 is 0. The van der Waals surface area contributed by atoms with Gasteiger partial charge in [0, 0.05) is 17.3 Å². The van der Waals surface area contributed by atoms with Gasteiger partial charge in [-0.2, -0.15) is 0 Å². The molecule has 1 aliphatic carbocycles. The predicted molar refractivity (Wildman–Crippen MR) is 98.4 cm³/mol. The Bertz CT molecular complexity index is 806. The van der Waals surface area contributed by atoms with Crippen LogP contribution >= 0.6 is 11.3 Å². The number of hydrogen-bond acceptors (Lipinski definition) is 4. The molecule has 2 aromatic rings. The maximum absolute atomic E-state index is 12.4. The van der Waals surface area contributed by atoms with Crippen LogP contribution in [-0.4, -0.2) is 22.0 Å². The lowest BCUT2D eigenvalue weighted by atomic mass is 9.72. The zero-order valence-corrected chi connectivity index (χ0v) is 15.4. The number of fused-ring (bicyclic) bond motifs is 1. The number of anilines is 1. The zero-order chi connectivity index (χ0) is 18.2. The molecule has 2 N–H and O–H groups in total. The number of hydrogen-bond donors (Lipinski definition) is 2. The van der Waals surface area contributed by atoms with Gasteiger partial charge in [-0.15, -0.1) is 11.3 Å². The third-order valence-electron chi connectivity index (χ3n) is 4.85. The number of aromatic carboxylic acids is 1. The first kappa shape index (κ1) is 17.6. The predicted octanol–water partition coefficient (Wildman–Crippen LogP) is 4.24. The Morgan fingerprint density at radius 1 is 1.36 bits per heavy atom. The maximum Gasteiger partial charge on any atom is 0.339 e. The Hall–Kier alpha value is -2.21. The molecule has 0 aromatic carbocycles. The van der Waals surface area contributed by atoms with Crippen LogP contribution in [0.2, 0.25) is 0 Å². The van der Waals surface area contributed by atoms with Crippen molar-refractivity contribution in [3.05, 3.63) is 46.1 Å². The van der Waals surface area contributed by atoms with Crippen LogP contribution in [0.15, 0.2) is 24.5 Å². The number of carboxylic acid groups (broad SMARTS) is 1. The highest BCUT2D eigenvalue weighted by molar-refractivity contribution is 7.17. The summed E-state index contributed by atoms with van der Waals surface area (Å²) >= 11 is 1.40. The maximum atomic E-state index is 12.4. The van der Waals surface area contributed by atoms with E-state index in [1.807, 2.05) is 0 Å². The molecule has 2 heterocycles. The fourth-order valence-corrected chi connectivity index (χ4v) is 4.63. The molecule has 5 nitrogen and oxygen atoms in total. The number of thiophene rings is 1. The van der Waals surface area contributed by atoms with Gasteiger partial charge in [-0.05, 0) is 48.3 Å². The normalized spacial score (nSPS) is 17.0. The Labute approximate surface area is 151 Å². The summed E-state index contributed by atoms with van der Waals surface area (Å²) in [5.74, 6) is -0.795. The largest absolute Gasteiger partial charge is 0.478 e. The second-order valence-electron chi connectivity index (χ2n) is 7.51. The van der Waals surface area contributed by atoms with Crippen LogP contribution in [0, 0.1) is 11.3 Å². The van der Waals surface area contributed by atoms with Crippen LogP contribution in [0.25, 0.3) is 0 Å². The fraction of sp³-hybridized carbons (Fsp3) is 0.421. The molecule has 1 unspecified atom stereocenters. The number of pyridine rings is 1. The number of nitrogens with zero attached hydrogens (tertiary/aromatic N) is 1. The van der Waals surface area contributed by atoms with E-state index in [0.717, 1.165) is 29.7 Å². The number of carboxylic acids is 1. The number of carbonyl (C=O) groups excluding carboxylic acids is 1. The summed E-state index contributed by atoms with van der Waals surface area (Å²) in [6.45, 7) is 6.67. The monoisotopic (exact) mass is 358 g/mol. The number of amides is 1. The SMILES string of the molecule is CC(C)(C)C1CCc2c(sc(NC(=O)c3cccnc3)c2C(=O)O)C1. The molecule has 0 fully saturated rings. The van der Waals surface area contributed by atoms with Gasteiger partial charge in [0.2, 0.25) is 0 Å². The van der Waals surface area contributed by atoms with E-state index >= 15 is 0 Å². The van der Waals surface area contributed by atoms with Gasteiger partial charge in [-0.3, -0.25) is 9.78 Å². The van der Waals surface area contributed by atoms with Crippen molar-refractivity contribution in [2.45, 2.75) is 40.0 Å². The van der Waals surface area contributed by atoms with Gasteiger partial charge in [-0.25, -0.2) is 4.79 Å². The Morgan fingerprint density at radius 2 is 2.12 bits per heavy atom. The first-order valence-electron chi connectivity index (χ1n) is 8.36. The average molecular weight is 358 g/mol. The molecule has 2 aromatic heterocycles. The van der Waals surface area contributed by atoms with Gasteiger partial charge in [0.05, 0.1) is 11.1 Å². The molecule has 3 rings (SSSR count). The number of rotatable bonds is 3. The Balaban J connectivity index is 1.92. The summed E-state index contributed by atoms with van der Waals surface area (Å²) in [7, 11) is 0. The summed E-state index contributed by atoms with van der Waals surface area (Å²) in [5, 5.41) is 12.9. The van der Waals surface area contributed by atoms with Gasteiger partial charge < -0.3 is 10.4 Å². The molecule has 25 heavy (non-hydrogen) atoms. The second kappa shape index (κ2) is 6.59. The fourth-order valence-electron chi connectivity index (χ4n) is 3.31. The van der Waals surface area contributed by atoms with Crippen molar-refractivity contribution in [3.8, 4) is 0 Å². The lowest BCUT2D eigenvalue weighted by Crippen LogP contribution is -2.26. The van der Waals surface area contributed by atoms with Crippen molar-refractivity contribution in [2.75, 3.05) is 5.32 Å². The standard InChI is InChI=1S/C19H22N2O3S/c1-19(2,3)12-6-7-13-14(9-12)25-17(15(13)18(23)24)21-16(22)11-5-4-8-20-10-11/h4-5,8,10,12H,6-7,9H2,1-3H3,(H,21,22)(H,23,24). The van der Waals surface area contributed by atoms with Crippen LogP contribution in [0.3, 0.4) is 0 Å². The van der Waals surface area contributed by atoms with Crippen molar-refractivity contribution in [3.63, 3.8) is 0 Å². The minimum atomic E-state index is -0.979. The molecule has 0 radical (unpaired) electrons. The van der Waals surface area contributed by atoms with E-state index in [4.69, 9.17) is 0 Å². The van der Waals surface area contributed by atoms with Crippen molar-refractivity contribution in [1.29, 1.82) is 0 Å². The van der Waals surface area contributed by atoms with Gasteiger partial charge in [0.15, 0.2) is 0 Å². The number of aromatic nitrogens is 1. The number of nitrogens with one attached hydrogen (secondary N) is 1. The minimum Gasteiger partial charge on any atom is -0.478 e. The molecule has 1 atom stereocenters. The van der Waals surface area contributed by atoms with Gasteiger partial charge >= 0.3 is 5.97 Å². The Kier molecular flexibility index (Phi) is 4.64. The molecule has 0 saturated heterocycles. The number of carbonyl (C=O) groups is 2. The van der Waals surface area contributed by atoms with E-state index in [1.54, 1.807) is 18.3 Å².